The number of amides is 1. The van der Waals surface area contributed by atoms with Crippen molar-refractivity contribution in [3.05, 3.63) is 28.0 Å². The van der Waals surface area contributed by atoms with Crippen molar-refractivity contribution in [1.29, 1.82) is 0 Å². The highest BCUT2D eigenvalue weighted by Gasteiger charge is 2.31. The van der Waals surface area contributed by atoms with E-state index >= 15 is 0 Å². The quantitative estimate of drug-likeness (QED) is 0.872. The molecule has 20 heavy (non-hydrogen) atoms. The molecule has 0 saturated carbocycles. The van der Waals surface area contributed by atoms with Crippen molar-refractivity contribution >= 4 is 29.3 Å². The lowest BCUT2D eigenvalue weighted by atomic mass is 9.91. The maximum Gasteiger partial charge on any atom is 0.306 e. The molecule has 0 spiro atoms. The molecule has 1 N–H and O–H groups in total. The molecule has 0 bridgehead atoms. The SMILES string of the molecule is Cc1ccsc1/C=C/C(=O)N1CCC(C(=O)O)CC1C. The molecule has 2 unspecified atom stereocenters. The first-order valence-corrected chi connectivity index (χ1v) is 7.62. The van der Waals surface area contributed by atoms with Crippen LogP contribution >= 0.6 is 11.3 Å². The number of thiophene rings is 1. The molecule has 2 rings (SSSR count). The van der Waals surface area contributed by atoms with E-state index in [4.69, 9.17) is 5.11 Å². The number of likely N-dealkylation sites (tertiary alicyclic amines) is 1. The second-order valence-electron chi connectivity index (χ2n) is 5.24. The number of aliphatic carboxylic acids is 1. The second kappa shape index (κ2) is 6.22. The van der Waals surface area contributed by atoms with Gasteiger partial charge in [-0.2, -0.15) is 0 Å². The first-order chi connectivity index (χ1) is 9.49. The molecule has 1 amide bonds. The fourth-order valence-electron chi connectivity index (χ4n) is 2.52. The smallest absolute Gasteiger partial charge is 0.306 e. The molecule has 5 heteroatoms. The summed E-state index contributed by atoms with van der Waals surface area (Å²) in [6, 6.07) is 2.00. The molecule has 1 aromatic heterocycles. The minimum Gasteiger partial charge on any atom is -0.481 e. The van der Waals surface area contributed by atoms with Crippen LogP contribution in [0.1, 0.15) is 30.2 Å². The fraction of sp³-hybridized carbons (Fsp3) is 0.467. The van der Waals surface area contributed by atoms with Gasteiger partial charge in [0.25, 0.3) is 0 Å². The maximum atomic E-state index is 12.2. The molecule has 2 atom stereocenters. The number of aryl methyl sites for hydroxylation is 1. The van der Waals surface area contributed by atoms with Crippen LogP contribution in [0.4, 0.5) is 0 Å². The average Bonchev–Trinajstić information content (AvgIpc) is 2.81. The van der Waals surface area contributed by atoms with Crippen LogP contribution in [-0.4, -0.2) is 34.5 Å². The van der Waals surface area contributed by atoms with Gasteiger partial charge < -0.3 is 10.0 Å². The summed E-state index contributed by atoms with van der Waals surface area (Å²) < 4.78 is 0. The van der Waals surface area contributed by atoms with Gasteiger partial charge in [-0.05, 0) is 49.8 Å². The van der Waals surface area contributed by atoms with Gasteiger partial charge in [0.2, 0.25) is 5.91 Å². The molecule has 0 aliphatic carbocycles. The number of hydrogen-bond donors (Lipinski definition) is 1. The summed E-state index contributed by atoms with van der Waals surface area (Å²) in [6.45, 7) is 4.45. The van der Waals surface area contributed by atoms with Gasteiger partial charge in [-0.1, -0.05) is 0 Å². The van der Waals surface area contributed by atoms with Crippen LogP contribution in [0, 0.1) is 12.8 Å². The largest absolute Gasteiger partial charge is 0.481 e. The van der Waals surface area contributed by atoms with Crippen LogP contribution in [-0.2, 0) is 9.59 Å². The van der Waals surface area contributed by atoms with Crippen molar-refractivity contribution in [2.45, 2.75) is 32.7 Å². The van der Waals surface area contributed by atoms with Crippen molar-refractivity contribution in [2.24, 2.45) is 5.92 Å². The molecule has 1 aliphatic rings. The maximum absolute atomic E-state index is 12.2. The van der Waals surface area contributed by atoms with Crippen LogP contribution in [0.15, 0.2) is 17.5 Å². The molecule has 4 nitrogen and oxygen atoms in total. The minimum atomic E-state index is -0.756. The lowest BCUT2D eigenvalue weighted by molar-refractivity contribution is -0.146. The molecule has 0 aromatic carbocycles. The van der Waals surface area contributed by atoms with E-state index in [1.165, 1.54) is 0 Å². The lowest BCUT2D eigenvalue weighted by Gasteiger charge is -2.35. The number of hydrogen-bond acceptors (Lipinski definition) is 3. The van der Waals surface area contributed by atoms with Crippen LogP contribution in [0.5, 0.6) is 0 Å². The fourth-order valence-corrected chi connectivity index (χ4v) is 3.34. The minimum absolute atomic E-state index is 0.0218. The van der Waals surface area contributed by atoms with Gasteiger partial charge in [0.15, 0.2) is 0 Å². The zero-order chi connectivity index (χ0) is 14.7. The molecule has 1 aliphatic heterocycles. The zero-order valence-electron chi connectivity index (χ0n) is 11.7. The van der Waals surface area contributed by atoms with Gasteiger partial charge in [-0.25, -0.2) is 0 Å². The van der Waals surface area contributed by atoms with E-state index in [1.807, 2.05) is 31.4 Å². The Morgan fingerprint density at radius 1 is 1.50 bits per heavy atom. The van der Waals surface area contributed by atoms with E-state index in [-0.39, 0.29) is 17.9 Å². The van der Waals surface area contributed by atoms with E-state index in [1.54, 1.807) is 22.3 Å². The number of carbonyl (C=O) groups excluding carboxylic acids is 1. The Hall–Kier alpha value is -1.62. The predicted molar refractivity (Wildman–Crippen MR) is 79.6 cm³/mol. The monoisotopic (exact) mass is 293 g/mol. The van der Waals surface area contributed by atoms with Gasteiger partial charge >= 0.3 is 5.97 Å². The molecule has 108 valence electrons. The Morgan fingerprint density at radius 2 is 2.25 bits per heavy atom. The van der Waals surface area contributed by atoms with E-state index in [0.717, 1.165) is 10.4 Å². The summed E-state index contributed by atoms with van der Waals surface area (Å²) in [7, 11) is 0. The van der Waals surface area contributed by atoms with Gasteiger partial charge in [-0.15, -0.1) is 11.3 Å². The number of rotatable bonds is 3. The highest BCUT2D eigenvalue weighted by atomic mass is 32.1. The molecule has 1 saturated heterocycles. The van der Waals surface area contributed by atoms with Crippen molar-refractivity contribution in [1.82, 2.24) is 4.90 Å². The first-order valence-electron chi connectivity index (χ1n) is 6.74. The Bertz CT molecular complexity index is 535. The first kappa shape index (κ1) is 14.8. The number of piperidine rings is 1. The Labute approximate surface area is 122 Å². The third kappa shape index (κ3) is 3.28. The summed E-state index contributed by atoms with van der Waals surface area (Å²) >= 11 is 1.61. The van der Waals surface area contributed by atoms with Crippen molar-refractivity contribution in [3.63, 3.8) is 0 Å². The number of carboxylic acids is 1. The van der Waals surface area contributed by atoms with Gasteiger partial charge in [0, 0.05) is 23.5 Å². The molecule has 1 fully saturated rings. The van der Waals surface area contributed by atoms with Gasteiger partial charge in [-0.3, -0.25) is 9.59 Å². The highest BCUT2D eigenvalue weighted by Crippen LogP contribution is 2.24. The Kier molecular flexibility index (Phi) is 4.60. The third-order valence-electron chi connectivity index (χ3n) is 3.79. The highest BCUT2D eigenvalue weighted by molar-refractivity contribution is 7.11. The molecule has 2 heterocycles. The van der Waals surface area contributed by atoms with E-state index in [2.05, 4.69) is 0 Å². The normalized spacial score (nSPS) is 23.2. The summed E-state index contributed by atoms with van der Waals surface area (Å²) in [5, 5.41) is 11.0. The standard InChI is InChI=1S/C15H19NO3S/c1-10-6-8-20-13(10)3-4-14(17)16-7-5-12(15(18)19)9-11(16)2/h3-4,6,8,11-12H,5,7,9H2,1-2H3,(H,18,19)/b4-3+. The van der Waals surface area contributed by atoms with Crippen LogP contribution in [0.25, 0.3) is 6.08 Å². The van der Waals surface area contributed by atoms with Gasteiger partial charge in [0.1, 0.15) is 0 Å². The summed E-state index contributed by atoms with van der Waals surface area (Å²) in [4.78, 5) is 26.0. The molecular formula is C15H19NO3S. The topological polar surface area (TPSA) is 57.6 Å². The van der Waals surface area contributed by atoms with Gasteiger partial charge in [0.05, 0.1) is 5.92 Å². The number of carbonyl (C=O) groups is 2. The second-order valence-corrected chi connectivity index (χ2v) is 6.19. The van der Waals surface area contributed by atoms with E-state index < -0.39 is 5.97 Å². The Morgan fingerprint density at radius 3 is 2.80 bits per heavy atom. The summed E-state index contributed by atoms with van der Waals surface area (Å²) in [5.41, 5.74) is 1.16. The van der Waals surface area contributed by atoms with Crippen LogP contribution in [0.3, 0.4) is 0 Å². The van der Waals surface area contributed by atoms with Crippen molar-refractivity contribution in [3.8, 4) is 0 Å². The number of carboxylic acid groups (broad SMARTS) is 1. The summed E-state index contributed by atoms with van der Waals surface area (Å²) in [5.74, 6) is -1.11. The zero-order valence-corrected chi connectivity index (χ0v) is 12.5. The van der Waals surface area contributed by atoms with Crippen molar-refractivity contribution < 1.29 is 14.7 Å². The third-order valence-corrected chi connectivity index (χ3v) is 4.77. The molecule has 1 aromatic rings. The molecule has 0 radical (unpaired) electrons. The molecular weight excluding hydrogens is 274 g/mol. The lowest BCUT2D eigenvalue weighted by Crippen LogP contribution is -2.45. The predicted octanol–water partition coefficient (Wildman–Crippen LogP) is 2.78. The van der Waals surface area contributed by atoms with Crippen LogP contribution in [0.2, 0.25) is 0 Å². The van der Waals surface area contributed by atoms with Crippen LogP contribution < -0.4 is 0 Å². The van der Waals surface area contributed by atoms with Crippen molar-refractivity contribution in [2.75, 3.05) is 6.54 Å². The number of nitrogens with zero attached hydrogens (tertiary/aromatic N) is 1. The van der Waals surface area contributed by atoms with E-state index in [9.17, 15) is 9.59 Å². The van der Waals surface area contributed by atoms with E-state index in [0.29, 0.717) is 19.4 Å². The Balaban J connectivity index is 1.98. The average molecular weight is 293 g/mol. The summed E-state index contributed by atoms with van der Waals surface area (Å²) in [6.07, 6.45) is 4.51.